The quantitative estimate of drug-likeness (QED) is 0.621. The van der Waals surface area contributed by atoms with Crippen LogP contribution >= 0.6 is 0 Å². The van der Waals surface area contributed by atoms with E-state index in [0.717, 1.165) is 10.9 Å². The molecule has 0 radical (unpaired) electrons. The van der Waals surface area contributed by atoms with Crippen molar-refractivity contribution in [2.45, 2.75) is 0 Å². The summed E-state index contributed by atoms with van der Waals surface area (Å²) in [6.07, 6.45) is 0. The summed E-state index contributed by atoms with van der Waals surface area (Å²) in [5.41, 5.74) is 0.673. The first-order valence-corrected chi connectivity index (χ1v) is 5.12. The van der Waals surface area contributed by atoms with Crippen LogP contribution in [0.15, 0.2) is 36.4 Å². The van der Waals surface area contributed by atoms with E-state index in [2.05, 4.69) is 10.2 Å². The molecule has 0 spiro atoms. The number of benzene rings is 2. The Bertz CT molecular complexity index is 704. The molecule has 18 heavy (non-hydrogen) atoms. The maximum Gasteiger partial charge on any atom is 0.186 e. The maximum atomic E-state index is 13.6. The topological polar surface area (TPSA) is 30.7 Å². The summed E-state index contributed by atoms with van der Waals surface area (Å²) in [6.45, 7) is 0. The summed E-state index contributed by atoms with van der Waals surface area (Å²) in [7, 11) is 0. The van der Waals surface area contributed by atoms with E-state index in [1.165, 1.54) is 0 Å². The molecule has 6 heteroatoms. The summed E-state index contributed by atoms with van der Waals surface area (Å²) in [5.74, 6) is -3.34. The van der Waals surface area contributed by atoms with E-state index < -0.39 is 17.5 Å². The van der Waals surface area contributed by atoms with E-state index in [1.807, 2.05) is 0 Å². The van der Waals surface area contributed by atoms with E-state index in [-0.39, 0.29) is 5.69 Å². The van der Waals surface area contributed by atoms with Crippen molar-refractivity contribution in [2.75, 3.05) is 0 Å². The number of hydrogen-bond acceptors (Lipinski definition) is 2. The van der Waals surface area contributed by atoms with Gasteiger partial charge in [-0.2, -0.15) is 0 Å². The molecule has 0 aliphatic carbocycles. The third kappa shape index (κ3) is 1.62. The number of nitrogens with zero attached hydrogens (tertiary/aromatic N) is 3. The molecule has 0 saturated carbocycles. The van der Waals surface area contributed by atoms with Crippen molar-refractivity contribution in [3.05, 3.63) is 53.8 Å². The lowest BCUT2D eigenvalue weighted by atomic mass is 10.3. The highest BCUT2D eigenvalue weighted by Gasteiger charge is 2.15. The first-order chi connectivity index (χ1) is 8.65. The van der Waals surface area contributed by atoms with Crippen molar-refractivity contribution in [2.24, 2.45) is 0 Å². The summed E-state index contributed by atoms with van der Waals surface area (Å²) < 4.78 is 39.7. The average Bonchev–Trinajstić information content (AvgIpc) is 2.77. The van der Waals surface area contributed by atoms with Crippen molar-refractivity contribution in [3.8, 4) is 5.69 Å². The minimum Gasteiger partial charge on any atom is -0.207 e. The number of fused-ring (bicyclic) bond motifs is 1. The largest absolute Gasteiger partial charge is 0.207 e. The van der Waals surface area contributed by atoms with Crippen molar-refractivity contribution in [1.29, 1.82) is 0 Å². The molecule has 0 atom stereocenters. The van der Waals surface area contributed by atoms with Gasteiger partial charge in [0.05, 0.1) is 0 Å². The second kappa shape index (κ2) is 3.83. The Morgan fingerprint density at radius 2 is 1.50 bits per heavy atom. The molecule has 0 aliphatic heterocycles. The Balaban J connectivity index is 2.26. The molecule has 0 aliphatic rings. The van der Waals surface area contributed by atoms with Gasteiger partial charge in [0, 0.05) is 12.1 Å². The SMILES string of the molecule is Fc1cc(F)c(F)c(-n2nc3ccccc3n2)c1. The zero-order chi connectivity index (χ0) is 12.7. The van der Waals surface area contributed by atoms with Gasteiger partial charge in [0.1, 0.15) is 22.5 Å². The van der Waals surface area contributed by atoms with Gasteiger partial charge in [-0.3, -0.25) is 0 Å². The molecular weight excluding hydrogens is 243 g/mol. The van der Waals surface area contributed by atoms with Crippen LogP contribution in [0, 0.1) is 17.5 Å². The standard InChI is InChI=1S/C12H6F3N3/c13-7-5-8(14)12(15)11(6-7)18-16-9-3-1-2-4-10(9)17-18/h1-6H. The van der Waals surface area contributed by atoms with E-state index in [9.17, 15) is 13.2 Å². The smallest absolute Gasteiger partial charge is 0.186 e. The Morgan fingerprint density at radius 3 is 2.11 bits per heavy atom. The maximum absolute atomic E-state index is 13.6. The van der Waals surface area contributed by atoms with E-state index in [1.54, 1.807) is 24.3 Å². The lowest BCUT2D eigenvalue weighted by molar-refractivity contribution is 0.483. The van der Waals surface area contributed by atoms with Gasteiger partial charge in [-0.1, -0.05) is 12.1 Å². The van der Waals surface area contributed by atoms with Gasteiger partial charge < -0.3 is 0 Å². The first kappa shape index (κ1) is 10.8. The highest BCUT2D eigenvalue weighted by molar-refractivity contribution is 5.73. The molecule has 3 aromatic rings. The van der Waals surface area contributed by atoms with Gasteiger partial charge in [0.2, 0.25) is 0 Å². The van der Waals surface area contributed by atoms with Crippen LogP contribution in [0.5, 0.6) is 0 Å². The number of halogens is 3. The monoisotopic (exact) mass is 249 g/mol. The number of aromatic nitrogens is 3. The molecule has 0 fully saturated rings. The highest BCUT2D eigenvalue weighted by atomic mass is 19.2. The molecule has 3 rings (SSSR count). The molecule has 0 N–H and O–H groups in total. The average molecular weight is 249 g/mol. The summed E-state index contributed by atoms with van der Waals surface area (Å²) in [6, 6.07) is 8.14. The Labute approximate surface area is 99.5 Å². The molecule has 0 saturated heterocycles. The zero-order valence-corrected chi connectivity index (χ0v) is 8.94. The summed E-state index contributed by atoms with van der Waals surface area (Å²) in [5, 5.41) is 7.92. The summed E-state index contributed by atoms with van der Waals surface area (Å²) >= 11 is 0. The Hall–Kier alpha value is -2.37. The van der Waals surface area contributed by atoms with Crippen LogP contribution in [0.25, 0.3) is 16.7 Å². The molecule has 0 unspecified atom stereocenters. The number of hydrogen-bond donors (Lipinski definition) is 0. The van der Waals surface area contributed by atoms with Gasteiger partial charge in [-0.25, -0.2) is 13.2 Å². The molecule has 1 heterocycles. The molecule has 1 aromatic heterocycles. The minimum atomic E-state index is -1.27. The third-order valence-electron chi connectivity index (χ3n) is 2.48. The number of rotatable bonds is 1. The van der Waals surface area contributed by atoms with Crippen LogP contribution in [0.2, 0.25) is 0 Å². The lowest BCUT2D eigenvalue weighted by Gasteiger charge is -2.02. The second-order valence-corrected chi connectivity index (χ2v) is 3.70. The third-order valence-corrected chi connectivity index (χ3v) is 2.48. The molecule has 0 bridgehead atoms. The fourth-order valence-corrected chi connectivity index (χ4v) is 1.66. The van der Waals surface area contributed by atoms with Crippen molar-refractivity contribution < 1.29 is 13.2 Å². The molecule has 3 nitrogen and oxygen atoms in total. The Kier molecular flexibility index (Phi) is 2.29. The normalized spacial score (nSPS) is 11.1. The van der Waals surface area contributed by atoms with Crippen LogP contribution in [0.4, 0.5) is 13.2 Å². The van der Waals surface area contributed by atoms with Gasteiger partial charge in [0.15, 0.2) is 11.6 Å². The van der Waals surface area contributed by atoms with Crippen LogP contribution in [-0.4, -0.2) is 15.0 Å². The second-order valence-electron chi connectivity index (χ2n) is 3.70. The fourth-order valence-electron chi connectivity index (χ4n) is 1.66. The highest BCUT2D eigenvalue weighted by Crippen LogP contribution is 2.18. The van der Waals surface area contributed by atoms with Gasteiger partial charge >= 0.3 is 0 Å². The molecule has 2 aromatic carbocycles. The predicted octanol–water partition coefficient (Wildman–Crippen LogP) is 2.84. The van der Waals surface area contributed by atoms with E-state index >= 15 is 0 Å². The van der Waals surface area contributed by atoms with Gasteiger partial charge in [-0.05, 0) is 12.1 Å². The van der Waals surface area contributed by atoms with E-state index in [0.29, 0.717) is 17.1 Å². The van der Waals surface area contributed by atoms with Crippen molar-refractivity contribution >= 4 is 11.0 Å². The van der Waals surface area contributed by atoms with Gasteiger partial charge in [-0.15, -0.1) is 15.0 Å². The fraction of sp³-hybridized carbons (Fsp3) is 0. The Morgan fingerprint density at radius 1 is 0.889 bits per heavy atom. The predicted molar refractivity (Wildman–Crippen MR) is 58.7 cm³/mol. The van der Waals surface area contributed by atoms with Crippen molar-refractivity contribution in [1.82, 2.24) is 15.0 Å². The zero-order valence-electron chi connectivity index (χ0n) is 8.94. The first-order valence-electron chi connectivity index (χ1n) is 5.12. The molecule has 0 amide bonds. The lowest BCUT2D eigenvalue weighted by Crippen LogP contribution is -2.04. The van der Waals surface area contributed by atoms with Crippen LogP contribution < -0.4 is 0 Å². The minimum absolute atomic E-state index is 0.358. The van der Waals surface area contributed by atoms with Gasteiger partial charge in [0.25, 0.3) is 0 Å². The van der Waals surface area contributed by atoms with Crippen LogP contribution in [0.1, 0.15) is 0 Å². The summed E-state index contributed by atoms with van der Waals surface area (Å²) in [4.78, 5) is 0.881. The molecule has 90 valence electrons. The van der Waals surface area contributed by atoms with Crippen LogP contribution in [0.3, 0.4) is 0 Å². The van der Waals surface area contributed by atoms with E-state index in [4.69, 9.17) is 0 Å². The van der Waals surface area contributed by atoms with Crippen molar-refractivity contribution in [3.63, 3.8) is 0 Å². The molecular formula is C12H6F3N3. The van der Waals surface area contributed by atoms with Crippen LogP contribution in [-0.2, 0) is 0 Å².